The van der Waals surface area contributed by atoms with Gasteiger partial charge in [0.1, 0.15) is 0 Å². The fourth-order valence-corrected chi connectivity index (χ4v) is 2.68. The summed E-state index contributed by atoms with van der Waals surface area (Å²) < 4.78 is 1.83. The van der Waals surface area contributed by atoms with Gasteiger partial charge < -0.3 is 10.6 Å². The normalized spacial score (nSPS) is 21.9. The van der Waals surface area contributed by atoms with Gasteiger partial charge in [-0.2, -0.15) is 0 Å². The zero-order valence-electron chi connectivity index (χ0n) is 11.5. The van der Waals surface area contributed by atoms with Crippen LogP contribution in [0.25, 0.3) is 0 Å². The van der Waals surface area contributed by atoms with Crippen molar-refractivity contribution >= 4 is 0 Å². The van der Waals surface area contributed by atoms with E-state index >= 15 is 0 Å². The smallest absolute Gasteiger partial charge is 0.0967 e. The molecule has 1 aliphatic carbocycles. The van der Waals surface area contributed by atoms with Crippen LogP contribution in [0, 0.1) is 5.92 Å². The fourth-order valence-electron chi connectivity index (χ4n) is 2.68. The molecule has 0 bridgehead atoms. The second kappa shape index (κ2) is 5.98. The summed E-state index contributed by atoms with van der Waals surface area (Å²) in [5.74, 6) is 1.00. The minimum absolute atomic E-state index is 0.614. The van der Waals surface area contributed by atoms with Crippen molar-refractivity contribution in [2.24, 2.45) is 11.7 Å². The zero-order chi connectivity index (χ0) is 13.1. The van der Waals surface area contributed by atoms with Crippen LogP contribution in [0.5, 0.6) is 0 Å². The van der Waals surface area contributed by atoms with Gasteiger partial charge in [-0.3, -0.25) is 9.58 Å². The van der Waals surface area contributed by atoms with Crippen molar-refractivity contribution in [3.63, 3.8) is 0 Å². The molecule has 3 rings (SSSR count). The van der Waals surface area contributed by atoms with Gasteiger partial charge in [-0.1, -0.05) is 5.21 Å². The number of nitrogens with zero attached hydrogens (tertiary/aromatic N) is 5. The van der Waals surface area contributed by atoms with E-state index in [-0.39, 0.29) is 0 Å². The van der Waals surface area contributed by atoms with E-state index < -0.39 is 0 Å². The van der Waals surface area contributed by atoms with E-state index in [1.54, 1.807) is 0 Å². The van der Waals surface area contributed by atoms with Crippen molar-refractivity contribution in [3.05, 3.63) is 11.9 Å². The topological polar surface area (TPSA) is 63.2 Å². The minimum Gasteiger partial charge on any atom is -0.329 e. The lowest BCUT2D eigenvalue weighted by Crippen LogP contribution is -2.46. The summed E-state index contributed by atoms with van der Waals surface area (Å²) in [6, 6.07) is 0. The molecule has 0 amide bonds. The van der Waals surface area contributed by atoms with Crippen LogP contribution >= 0.6 is 0 Å². The first-order chi connectivity index (χ1) is 9.33. The van der Waals surface area contributed by atoms with E-state index in [4.69, 9.17) is 5.73 Å². The predicted molar refractivity (Wildman–Crippen MR) is 73.5 cm³/mol. The SMILES string of the molecule is NCCn1cc(CN2CCN(CC3CC3)CC2)nn1. The number of nitrogens with two attached hydrogens (primary N) is 1. The number of aromatic nitrogens is 3. The molecule has 0 spiro atoms. The van der Waals surface area contributed by atoms with E-state index in [1.165, 1.54) is 32.5 Å². The molecule has 106 valence electrons. The summed E-state index contributed by atoms with van der Waals surface area (Å²) in [4.78, 5) is 5.08. The number of hydrogen-bond donors (Lipinski definition) is 1. The summed E-state index contributed by atoms with van der Waals surface area (Å²) in [6.07, 6.45) is 4.92. The third kappa shape index (κ3) is 3.75. The van der Waals surface area contributed by atoms with Crippen LogP contribution in [0.15, 0.2) is 6.20 Å². The second-order valence-corrected chi connectivity index (χ2v) is 5.78. The lowest BCUT2D eigenvalue weighted by atomic mass is 10.2. The molecular formula is C13H24N6. The first-order valence-electron chi connectivity index (χ1n) is 7.37. The Morgan fingerprint density at radius 2 is 1.89 bits per heavy atom. The first-order valence-corrected chi connectivity index (χ1v) is 7.37. The molecule has 19 heavy (non-hydrogen) atoms. The van der Waals surface area contributed by atoms with Gasteiger partial charge in [-0.05, 0) is 18.8 Å². The summed E-state index contributed by atoms with van der Waals surface area (Å²) in [5, 5.41) is 8.29. The summed E-state index contributed by atoms with van der Waals surface area (Å²) in [5.41, 5.74) is 6.57. The Kier molecular flexibility index (Phi) is 4.10. The first kappa shape index (κ1) is 13.0. The number of hydrogen-bond acceptors (Lipinski definition) is 5. The molecule has 0 aromatic carbocycles. The van der Waals surface area contributed by atoms with Crippen molar-refractivity contribution < 1.29 is 0 Å². The average molecular weight is 264 g/mol. The Labute approximate surface area is 114 Å². The molecule has 6 nitrogen and oxygen atoms in total. The van der Waals surface area contributed by atoms with Crippen LogP contribution in [-0.4, -0.2) is 64.1 Å². The molecule has 0 atom stereocenters. The van der Waals surface area contributed by atoms with Crippen LogP contribution < -0.4 is 5.73 Å². The molecule has 0 unspecified atom stereocenters. The molecule has 0 radical (unpaired) electrons. The van der Waals surface area contributed by atoms with Crippen LogP contribution in [0.3, 0.4) is 0 Å². The maximum absolute atomic E-state index is 5.51. The predicted octanol–water partition coefficient (Wildman–Crippen LogP) is -0.236. The molecule has 1 aliphatic heterocycles. The van der Waals surface area contributed by atoms with Gasteiger partial charge >= 0.3 is 0 Å². The lowest BCUT2D eigenvalue weighted by Gasteiger charge is -2.34. The molecular weight excluding hydrogens is 240 g/mol. The van der Waals surface area contributed by atoms with E-state index in [0.717, 1.165) is 37.8 Å². The Morgan fingerprint density at radius 3 is 2.58 bits per heavy atom. The number of piperazine rings is 1. The van der Waals surface area contributed by atoms with E-state index in [0.29, 0.717) is 6.54 Å². The van der Waals surface area contributed by atoms with Crippen molar-refractivity contribution in [1.82, 2.24) is 24.8 Å². The molecule has 1 aromatic heterocycles. The summed E-state index contributed by atoms with van der Waals surface area (Å²) >= 11 is 0. The van der Waals surface area contributed by atoms with Gasteiger partial charge in [0.2, 0.25) is 0 Å². The average Bonchev–Trinajstić information content (AvgIpc) is 3.12. The van der Waals surface area contributed by atoms with Crippen LogP contribution in [0.4, 0.5) is 0 Å². The highest BCUT2D eigenvalue weighted by Crippen LogP contribution is 2.29. The Morgan fingerprint density at radius 1 is 1.16 bits per heavy atom. The van der Waals surface area contributed by atoms with Crippen LogP contribution in [-0.2, 0) is 13.1 Å². The standard InChI is InChI=1S/C13H24N6/c14-3-4-19-11-13(15-16-19)10-18-7-5-17(6-8-18)9-12-1-2-12/h11-12H,1-10,14H2. The maximum atomic E-state index is 5.51. The molecule has 2 fully saturated rings. The highest BCUT2D eigenvalue weighted by atomic mass is 15.4. The molecule has 2 heterocycles. The lowest BCUT2D eigenvalue weighted by molar-refractivity contribution is 0.122. The van der Waals surface area contributed by atoms with Gasteiger partial charge in [-0.25, -0.2) is 0 Å². The molecule has 1 saturated heterocycles. The Hall–Kier alpha value is -0.980. The quantitative estimate of drug-likeness (QED) is 0.768. The summed E-state index contributed by atoms with van der Waals surface area (Å²) in [7, 11) is 0. The van der Waals surface area contributed by atoms with Gasteiger partial charge in [0.15, 0.2) is 0 Å². The van der Waals surface area contributed by atoms with Gasteiger partial charge in [0.05, 0.1) is 12.2 Å². The second-order valence-electron chi connectivity index (χ2n) is 5.78. The Bertz CT molecular complexity index is 392. The van der Waals surface area contributed by atoms with Crippen molar-refractivity contribution in [3.8, 4) is 0 Å². The van der Waals surface area contributed by atoms with Crippen molar-refractivity contribution in [1.29, 1.82) is 0 Å². The maximum Gasteiger partial charge on any atom is 0.0967 e. The zero-order valence-corrected chi connectivity index (χ0v) is 11.5. The fraction of sp³-hybridized carbons (Fsp3) is 0.846. The third-order valence-corrected chi connectivity index (χ3v) is 4.01. The molecule has 1 saturated carbocycles. The summed E-state index contributed by atoms with van der Waals surface area (Å²) in [6.45, 7) is 8.31. The monoisotopic (exact) mass is 264 g/mol. The minimum atomic E-state index is 0.614. The van der Waals surface area contributed by atoms with E-state index in [9.17, 15) is 0 Å². The van der Waals surface area contributed by atoms with Gasteiger partial charge in [-0.15, -0.1) is 5.10 Å². The molecule has 6 heteroatoms. The third-order valence-electron chi connectivity index (χ3n) is 4.01. The largest absolute Gasteiger partial charge is 0.329 e. The van der Waals surface area contributed by atoms with Crippen molar-refractivity contribution in [2.75, 3.05) is 39.3 Å². The Balaban J connectivity index is 1.42. The van der Waals surface area contributed by atoms with Crippen molar-refractivity contribution in [2.45, 2.75) is 25.9 Å². The molecule has 2 aliphatic rings. The van der Waals surface area contributed by atoms with E-state index in [1.807, 2.05) is 10.9 Å². The molecule has 2 N–H and O–H groups in total. The van der Waals surface area contributed by atoms with Crippen LogP contribution in [0.2, 0.25) is 0 Å². The van der Waals surface area contributed by atoms with Crippen LogP contribution in [0.1, 0.15) is 18.5 Å². The van der Waals surface area contributed by atoms with E-state index in [2.05, 4.69) is 20.1 Å². The molecule has 1 aromatic rings. The van der Waals surface area contributed by atoms with Gasteiger partial charge in [0.25, 0.3) is 0 Å². The highest BCUT2D eigenvalue weighted by Gasteiger charge is 2.26. The number of rotatable bonds is 6. The van der Waals surface area contributed by atoms with Gasteiger partial charge in [0, 0.05) is 52.0 Å². The highest BCUT2D eigenvalue weighted by molar-refractivity contribution is 4.93.